The molecule has 0 bridgehead atoms. The summed E-state index contributed by atoms with van der Waals surface area (Å²) in [7, 11) is 1.56. The van der Waals surface area contributed by atoms with E-state index in [0.29, 0.717) is 35.0 Å². The van der Waals surface area contributed by atoms with Crippen LogP contribution in [0.4, 0.5) is 25.0 Å². The molecule has 3 aromatic rings. The third-order valence-corrected chi connectivity index (χ3v) is 7.45. The van der Waals surface area contributed by atoms with Crippen LogP contribution in [0.3, 0.4) is 0 Å². The molecule has 2 heterocycles. The van der Waals surface area contributed by atoms with Crippen molar-refractivity contribution in [3.63, 3.8) is 0 Å². The Morgan fingerprint density at radius 3 is 2.62 bits per heavy atom. The Balaban J connectivity index is 1.48. The highest BCUT2D eigenvalue weighted by atomic mass is 32.2. The fourth-order valence-electron chi connectivity index (χ4n) is 4.41. The first-order valence-corrected chi connectivity index (χ1v) is 11.6. The van der Waals surface area contributed by atoms with Crippen molar-refractivity contribution < 1.29 is 23.1 Å². The van der Waals surface area contributed by atoms with Crippen LogP contribution in [0.15, 0.2) is 66.7 Å². The van der Waals surface area contributed by atoms with Crippen molar-refractivity contribution in [1.82, 2.24) is 4.90 Å². The highest BCUT2D eigenvalue weighted by molar-refractivity contribution is 8.01. The van der Waals surface area contributed by atoms with Gasteiger partial charge in [0.15, 0.2) is 4.87 Å². The lowest BCUT2D eigenvalue weighted by molar-refractivity contribution is -0.123. The van der Waals surface area contributed by atoms with Gasteiger partial charge < -0.3 is 15.0 Å². The quantitative estimate of drug-likeness (QED) is 0.573. The van der Waals surface area contributed by atoms with Crippen molar-refractivity contribution in [2.24, 2.45) is 0 Å². The van der Waals surface area contributed by atoms with E-state index in [2.05, 4.69) is 5.32 Å². The van der Waals surface area contributed by atoms with E-state index in [9.17, 15) is 18.4 Å². The number of anilines is 2. The summed E-state index contributed by atoms with van der Waals surface area (Å²) in [6, 6.07) is 17.0. The van der Waals surface area contributed by atoms with Crippen LogP contribution in [0, 0.1) is 11.6 Å². The Bertz CT molecular complexity index is 1270. The Morgan fingerprint density at radius 2 is 1.88 bits per heavy atom. The van der Waals surface area contributed by atoms with Crippen LogP contribution in [0.1, 0.15) is 11.1 Å². The van der Waals surface area contributed by atoms with Crippen LogP contribution in [0.25, 0.3) is 0 Å². The fraction of sp³-hybridized carbons (Fsp3) is 0.200. The molecule has 1 atom stereocenters. The van der Waals surface area contributed by atoms with E-state index in [1.165, 1.54) is 33.7 Å². The van der Waals surface area contributed by atoms with Crippen LogP contribution in [0.5, 0.6) is 5.75 Å². The maximum Gasteiger partial charge on any atom is 0.323 e. The number of para-hydroxylation sites is 1. The van der Waals surface area contributed by atoms with Crippen LogP contribution >= 0.6 is 11.8 Å². The van der Waals surface area contributed by atoms with E-state index in [0.717, 1.165) is 6.07 Å². The molecule has 9 heteroatoms. The molecule has 1 N–H and O–H groups in total. The van der Waals surface area contributed by atoms with Gasteiger partial charge in [0, 0.05) is 35.2 Å². The SMILES string of the molecule is COc1ccc(NC(=O)N2CCS[C@@]23C(=O)N(Cc2ccc(F)cc2F)c2ccccc23)cc1. The summed E-state index contributed by atoms with van der Waals surface area (Å²) >= 11 is 1.38. The van der Waals surface area contributed by atoms with E-state index in [1.807, 2.05) is 12.1 Å². The van der Waals surface area contributed by atoms with E-state index in [4.69, 9.17) is 4.74 Å². The summed E-state index contributed by atoms with van der Waals surface area (Å²) in [4.78, 5) is 29.0. The number of carbonyl (C=O) groups is 2. The molecule has 1 spiro atoms. The number of benzene rings is 3. The molecule has 0 saturated carbocycles. The van der Waals surface area contributed by atoms with Crippen LogP contribution in [0.2, 0.25) is 0 Å². The van der Waals surface area contributed by atoms with Gasteiger partial charge in [-0.1, -0.05) is 24.3 Å². The number of hydrogen-bond donors (Lipinski definition) is 1. The third kappa shape index (κ3) is 3.56. The summed E-state index contributed by atoms with van der Waals surface area (Å²) in [6.07, 6.45) is 0. The topological polar surface area (TPSA) is 61.9 Å². The molecule has 2 aliphatic heterocycles. The predicted octanol–water partition coefficient (Wildman–Crippen LogP) is 4.95. The molecule has 0 aliphatic carbocycles. The number of hydrogen-bond acceptors (Lipinski definition) is 4. The van der Waals surface area contributed by atoms with Gasteiger partial charge in [-0.2, -0.15) is 0 Å². The third-order valence-electron chi connectivity index (χ3n) is 6.03. The van der Waals surface area contributed by atoms with Crippen molar-refractivity contribution in [3.8, 4) is 5.75 Å². The zero-order chi connectivity index (χ0) is 23.9. The molecule has 6 nitrogen and oxygen atoms in total. The lowest BCUT2D eigenvalue weighted by atomic mass is 10.1. The summed E-state index contributed by atoms with van der Waals surface area (Å²) in [5.41, 5.74) is 2.04. The van der Waals surface area contributed by atoms with E-state index < -0.39 is 22.5 Å². The van der Waals surface area contributed by atoms with Gasteiger partial charge >= 0.3 is 6.03 Å². The Hall–Kier alpha value is -3.59. The molecule has 2 aliphatic rings. The molecule has 1 fully saturated rings. The number of nitrogens with one attached hydrogen (secondary N) is 1. The van der Waals surface area contributed by atoms with Gasteiger partial charge in [0.05, 0.1) is 19.3 Å². The number of methoxy groups -OCH3 is 1. The molecule has 0 radical (unpaired) electrons. The van der Waals surface area contributed by atoms with Crippen molar-refractivity contribution in [3.05, 3.63) is 89.5 Å². The van der Waals surface area contributed by atoms with E-state index >= 15 is 0 Å². The molecule has 3 amide bonds. The van der Waals surface area contributed by atoms with Gasteiger partial charge in [-0.15, -0.1) is 11.8 Å². The first kappa shape index (κ1) is 22.2. The van der Waals surface area contributed by atoms with Crippen LogP contribution in [-0.4, -0.2) is 36.2 Å². The Kier molecular flexibility index (Phi) is 5.65. The molecule has 34 heavy (non-hydrogen) atoms. The van der Waals surface area contributed by atoms with Gasteiger partial charge in [-0.3, -0.25) is 9.69 Å². The van der Waals surface area contributed by atoms with Crippen molar-refractivity contribution >= 4 is 35.1 Å². The highest BCUT2D eigenvalue weighted by Gasteiger charge is 2.59. The molecule has 1 saturated heterocycles. The predicted molar refractivity (Wildman–Crippen MR) is 127 cm³/mol. The largest absolute Gasteiger partial charge is 0.497 e. The Morgan fingerprint density at radius 1 is 1.12 bits per heavy atom. The number of amides is 3. The molecule has 5 rings (SSSR count). The van der Waals surface area contributed by atoms with Crippen LogP contribution < -0.4 is 15.0 Å². The molecule has 0 unspecified atom stereocenters. The first-order chi connectivity index (χ1) is 16.4. The average molecular weight is 482 g/mol. The molecule has 0 aromatic heterocycles. The summed E-state index contributed by atoms with van der Waals surface area (Å²) < 4.78 is 33.0. The zero-order valence-electron chi connectivity index (χ0n) is 18.3. The summed E-state index contributed by atoms with van der Waals surface area (Å²) in [6.45, 7) is 0.295. The number of urea groups is 1. The number of thioether (sulfide) groups is 1. The highest BCUT2D eigenvalue weighted by Crippen LogP contribution is 2.54. The molecule has 174 valence electrons. The van der Waals surface area contributed by atoms with E-state index in [1.54, 1.807) is 43.5 Å². The summed E-state index contributed by atoms with van der Waals surface area (Å²) in [5.74, 6) is -0.507. The van der Waals surface area contributed by atoms with Gasteiger partial charge in [-0.05, 0) is 36.4 Å². The molecular weight excluding hydrogens is 460 g/mol. The van der Waals surface area contributed by atoms with Gasteiger partial charge in [0.25, 0.3) is 5.91 Å². The van der Waals surface area contributed by atoms with Crippen LogP contribution in [-0.2, 0) is 16.2 Å². The second-order valence-corrected chi connectivity index (χ2v) is 9.23. The van der Waals surface area contributed by atoms with E-state index in [-0.39, 0.29) is 18.0 Å². The molecule has 3 aromatic carbocycles. The number of rotatable bonds is 4. The minimum atomic E-state index is -1.26. The van der Waals surface area contributed by atoms with Gasteiger partial charge in [0.2, 0.25) is 0 Å². The average Bonchev–Trinajstić information content (AvgIpc) is 3.38. The first-order valence-electron chi connectivity index (χ1n) is 10.7. The van der Waals surface area contributed by atoms with Crippen molar-refractivity contribution in [1.29, 1.82) is 0 Å². The number of ether oxygens (including phenoxy) is 1. The number of fused-ring (bicyclic) bond motifs is 2. The maximum atomic E-state index is 14.4. The lowest BCUT2D eigenvalue weighted by Crippen LogP contribution is -2.51. The normalized spacial score (nSPS) is 19.0. The zero-order valence-corrected chi connectivity index (χ0v) is 19.1. The number of nitrogens with zero attached hydrogens (tertiary/aromatic N) is 2. The minimum absolute atomic E-state index is 0.0712. The summed E-state index contributed by atoms with van der Waals surface area (Å²) in [5, 5.41) is 2.86. The smallest absolute Gasteiger partial charge is 0.323 e. The maximum absolute atomic E-state index is 14.4. The van der Waals surface area contributed by atoms with Gasteiger partial charge in [0.1, 0.15) is 17.4 Å². The van der Waals surface area contributed by atoms with Crippen molar-refractivity contribution in [2.45, 2.75) is 11.4 Å². The monoisotopic (exact) mass is 481 g/mol. The number of halogens is 2. The fourth-order valence-corrected chi connectivity index (χ4v) is 5.87. The Labute approximate surface area is 199 Å². The second-order valence-electron chi connectivity index (χ2n) is 7.95. The standard InChI is InChI=1S/C25H21F2N3O3S/c1-33-19-10-8-18(9-11-19)28-24(32)30-12-13-34-25(30)20-4-2-3-5-22(20)29(23(25)31)15-16-6-7-17(26)14-21(16)27/h2-11,14H,12-13,15H2,1H3,(H,28,32)/t25-/m0/s1. The number of carbonyl (C=O) groups excluding carboxylic acids is 2. The second kappa shape index (κ2) is 8.64. The molecular formula is C25H21F2N3O3S. The minimum Gasteiger partial charge on any atom is -0.497 e. The lowest BCUT2D eigenvalue weighted by Gasteiger charge is -2.33. The van der Waals surface area contributed by atoms with Crippen molar-refractivity contribution in [2.75, 3.05) is 29.6 Å². The van der Waals surface area contributed by atoms with Gasteiger partial charge in [-0.25, -0.2) is 13.6 Å².